The largest absolute Gasteiger partial charge is 0 e. The van der Waals surface area contributed by atoms with Crippen molar-refractivity contribution in [3.8, 4) is 0 Å². The topological polar surface area (TPSA) is 158 Å². The maximum atomic E-state index is 0. The van der Waals surface area contributed by atoms with Crippen LogP contribution in [0.1, 0.15) is 0 Å². The van der Waals surface area contributed by atoms with Crippen LogP contribution in [-0.2, 0) is 18.6 Å². The van der Waals surface area contributed by atoms with Crippen LogP contribution in [0.15, 0.2) is 0 Å². The Bertz CT molecular complexity index is 8.04. The fraction of sp³-hybridized carbons (Fsp3) is 0. The first-order chi connectivity index (χ1) is 0. The average molecular weight is 275 g/mol. The molecule has 1 radical (unpaired) electrons. The molecule has 0 rings (SSSR count). The minimum Gasteiger partial charge on any atom is 0 e. The second-order valence-electron chi connectivity index (χ2n) is 0. The summed E-state index contributed by atoms with van der Waals surface area (Å²) < 4.78 is 0. The summed E-state index contributed by atoms with van der Waals surface area (Å²) >= 11 is 0. The molecule has 0 aliphatic carbocycles. The van der Waals surface area contributed by atoms with E-state index < -0.39 is 0 Å². The fourth-order valence-corrected chi connectivity index (χ4v) is 0. The summed E-state index contributed by atoms with van der Waals surface area (Å²) in [6, 6.07) is 0. The maximum absolute atomic E-state index is 0. The van der Waals surface area contributed by atoms with Gasteiger partial charge in [-0.25, -0.2) is 0 Å². The van der Waals surface area contributed by atoms with E-state index in [0.717, 1.165) is 0 Å². The van der Waals surface area contributed by atoms with Crippen molar-refractivity contribution in [1.29, 1.82) is 0 Å². The molecule has 0 unspecified atom stereocenters. The van der Waals surface area contributed by atoms with E-state index in [2.05, 4.69) is 0 Å². The van der Waals surface area contributed by atoms with Gasteiger partial charge in [-0.1, -0.05) is 0 Å². The van der Waals surface area contributed by atoms with Gasteiger partial charge in [-0.2, -0.15) is 0 Å². The molecule has 0 atom stereocenters. The van der Waals surface area contributed by atoms with Crippen LogP contribution in [-0.4, -0.2) is 96.3 Å². The van der Waals surface area contributed by atoms with Crippen molar-refractivity contribution in [2.45, 2.75) is 0 Å². The smallest absolute Gasteiger partial charge is 0 e. The Kier molecular flexibility index (Phi) is 1270. The number of hydrogen-bond donors (Lipinski definition) is 0. The van der Waals surface area contributed by atoms with E-state index in [1.165, 1.54) is 0 Å². The first kappa shape index (κ1) is 113. The molecule has 0 bridgehead atoms. The third-order valence-corrected chi connectivity index (χ3v) is 0. The zero-order chi connectivity index (χ0) is 0. The van der Waals surface area contributed by atoms with E-state index in [1.54, 1.807) is 0 Å². The first-order valence-electron chi connectivity index (χ1n) is 0. The van der Waals surface area contributed by atoms with Crippen molar-refractivity contribution in [1.82, 2.24) is 0 Å². The molecule has 0 aromatic rings. The molecule has 0 aliphatic rings. The van der Waals surface area contributed by atoms with Gasteiger partial charge in [0, 0.05) is 18.6 Å². The van der Waals surface area contributed by atoms with Crippen LogP contribution < -0.4 is 0 Å². The van der Waals surface area contributed by atoms with Gasteiger partial charge in [0.2, 0.25) is 0 Å². The van der Waals surface area contributed by atoms with Gasteiger partial charge in [0.1, 0.15) is 0 Å². The Morgan fingerprint density at radius 3 is 0.429 bits per heavy atom. The molecule has 0 spiro atoms. The van der Waals surface area contributed by atoms with Crippen LogP contribution in [0.2, 0.25) is 0 Å². The van der Waals surface area contributed by atoms with Gasteiger partial charge in [-0.15, -0.1) is 0 Å². The van der Waals surface area contributed by atoms with Crippen LogP contribution >= 0.6 is 0 Å². The van der Waals surface area contributed by atoms with Gasteiger partial charge in [0.25, 0.3) is 0 Å². The first-order valence-corrected chi connectivity index (χ1v) is 0. The Balaban J connectivity index is 0. The SMILES string of the molecule is O.O.O.O.O.[CsH].[V]. The summed E-state index contributed by atoms with van der Waals surface area (Å²) in [6.45, 7) is 0. The van der Waals surface area contributed by atoms with Crippen molar-refractivity contribution in [2.75, 3.05) is 0 Å². The molecule has 0 saturated heterocycles. The van der Waals surface area contributed by atoms with E-state index in [9.17, 15) is 0 Å². The molecular formula is H11CsO5V. The van der Waals surface area contributed by atoms with Crippen LogP contribution in [0, 0.1) is 0 Å². The summed E-state index contributed by atoms with van der Waals surface area (Å²) in [6.07, 6.45) is 0. The molecule has 10 N–H and O–H groups in total. The third kappa shape index (κ3) is 58.9. The number of rotatable bonds is 0. The third-order valence-electron chi connectivity index (χ3n) is 0. The van der Waals surface area contributed by atoms with Crippen molar-refractivity contribution in [2.24, 2.45) is 0 Å². The van der Waals surface area contributed by atoms with Crippen LogP contribution in [0.5, 0.6) is 0 Å². The molecule has 7 heavy (non-hydrogen) atoms. The second kappa shape index (κ2) is 78.6. The van der Waals surface area contributed by atoms with Gasteiger partial charge in [0.15, 0.2) is 0 Å². The summed E-state index contributed by atoms with van der Waals surface area (Å²) in [5.74, 6) is 0. The molecule has 0 fully saturated rings. The average Bonchev–Trinajstić information content (AvgIpc) is 0. The molecule has 0 heterocycles. The van der Waals surface area contributed by atoms with Crippen molar-refractivity contribution in [3.63, 3.8) is 0 Å². The minimum atomic E-state index is 0. The molecule has 47 valence electrons. The van der Waals surface area contributed by atoms with E-state index in [1.807, 2.05) is 0 Å². The minimum absolute atomic E-state index is 0. The van der Waals surface area contributed by atoms with Gasteiger partial charge in [-0.05, 0) is 0 Å². The van der Waals surface area contributed by atoms with Crippen LogP contribution in [0.3, 0.4) is 0 Å². The Morgan fingerprint density at radius 2 is 0.429 bits per heavy atom. The molecule has 5 nitrogen and oxygen atoms in total. The summed E-state index contributed by atoms with van der Waals surface area (Å²) in [5, 5.41) is 0. The summed E-state index contributed by atoms with van der Waals surface area (Å²) in [5.41, 5.74) is 0. The van der Waals surface area contributed by atoms with E-state index in [-0.39, 0.29) is 115 Å². The van der Waals surface area contributed by atoms with Gasteiger partial charge in [-0.3, -0.25) is 0 Å². The predicted octanol–water partition coefficient (Wildman–Crippen LogP) is -4.77. The second-order valence-corrected chi connectivity index (χ2v) is 0. The molecule has 0 aromatic heterocycles. The molecular weight excluding hydrogens is 264 g/mol. The molecule has 0 saturated carbocycles. The van der Waals surface area contributed by atoms with Gasteiger partial charge in [0.05, 0.1) is 0 Å². The molecule has 0 amide bonds. The Morgan fingerprint density at radius 1 is 0.429 bits per heavy atom. The monoisotopic (exact) mass is 275 g/mol. The fourth-order valence-electron chi connectivity index (χ4n) is 0. The van der Waals surface area contributed by atoms with E-state index in [4.69, 9.17) is 0 Å². The van der Waals surface area contributed by atoms with Crippen LogP contribution in [0.4, 0.5) is 0 Å². The molecule has 0 aromatic carbocycles. The maximum Gasteiger partial charge on any atom is 0 e. The normalized spacial score (nSPS) is 0. The van der Waals surface area contributed by atoms with Crippen molar-refractivity contribution < 1.29 is 45.9 Å². The van der Waals surface area contributed by atoms with Gasteiger partial charge < -0.3 is 27.4 Å². The van der Waals surface area contributed by atoms with Crippen LogP contribution in [0.25, 0.3) is 0 Å². The summed E-state index contributed by atoms with van der Waals surface area (Å²) in [4.78, 5) is 0. The zero-order valence-electron chi connectivity index (χ0n) is 2.95. The zero-order valence-corrected chi connectivity index (χ0v) is 4.34. The quantitative estimate of drug-likeness (QED) is 0.415. The van der Waals surface area contributed by atoms with Gasteiger partial charge >= 0.3 is 68.9 Å². The van der Waals surface area contributed by atoms with Crippen molar-refractivity contribution >= 4 is 68.9 Å². The van der Waals surface area contributed by atoms with E-state index in [0.29, 0.717) is 0 Å². The summed E-state index contributed by atoms with van der Waals surface area (Å²) in [7, 11) is 0. The van der Waals surface area contributed by atoms with E-state index >= 15 is 0 Å². The Labute approximate surface area is 112 Å². The predicted molar refractivity (Wildman–Crippen MR) is 25.2 cm³/mol. The molecule has 7 heteroatoms. The van der Waals surface area contributed by atoms with Crippen molar-refractivity contribution in [3.05, 3.63) is 0 Å². The number of hydrogen-bond acceptors (Lipinski definition) is 0. The standard InChI is InChI=1S/Cs.5H2O.V.H/h;5*1H2;;. The molecule has 0 aliphatic heterocycles. The Hall–Kier alpha value is 2.44.